The van der Waals surface area contributed by atoms with Gasteiger partial charge in [-0.25, -0.2) is 19.1 Å². The van der Waals surface area contributed by atoms with Crippen LogP contribution in [0, 0.1) is 0 Å². The first-order chi connectivity index (χ1) is 56.6. The molecule has 0 aliphatic rings. The van der Waals surface area contributed by atoms with Crippen molar-refractivity contribution < 1.29 is 89.5 Å². The van der Waals surface area contributed by atoms with E-state index in [1.807, 2.05) is 4.90 Å². The molecule has 31 heteroatoms. The quantitative estimate of drug-likeness (QED) is 0.0119. The predicted octanol–water partition coefficient (Wildman–Crippen LogP) is 18.3. The third-order valence-electron chi connectivity index (χ3n) is 20.3. The van der Waals surface area contributed by atoms with Crippen molar-refractivity contribution in [2.45, 2.75) is 374 Å². The number of esters is 4. The van der Waals surface area contributed by atoms with Crippen LogP contribution in [-0.2, 0) is 81.5 Å². The van der Waals surface area contributed by atoms with Crippen LogP contribution < -0.4 is 32.3 Å². The van der Waals surface area contributed by atoms with E-state index in [4.69, 9.17) is 48.5 Å². The van der Waals surface area contributed by atoms with Gasteiger partial charge in [-0.05, 0) is 56.4 Å². The molecule has 29 nitrogen and oxygen atoms in total. The first-order valence-corrected chi connectivity index (χ1v) is 47.7. The van der Waals surface area contributed by atoms with Crippen LogP contribution in [0.4, 0.5) is 17.5 Å². The third-order valence-corrected chi connectivity index (χ3v) is 22.3. The minimum absolute atomic E-state index is 0.0396. The van der Waals surface area contributed by atoms with Gasteiger partial charge in [-0.1, -0.05) is 285 Å². The Morgan fingerprint density at radius 1 is 0.444 bits per heavy atom. The number of nitrogens with one attached hydrogen (secondary N) is 3. The van der Waals surface area contributed by atoms with Gasteiger partial charge in [0.2, 0.25) is 17.8 Å². The maximum absolute atomic E-state index is 14.0. The van der Waals surface area contributed by atoms with Gasteiger partial charge in [0.15, 0.2) is 29.2 Å². The van der Waals surface area contributed by atoms with E-state index in [1.54, 1.807) is 19.2 Å². The molecule has 0 aliphatic heterocycles. The zero-order chi connectivity index (χ0) is 85.3. The highest BCUT2D eigenvalue weighted by Crippen LogP contribution is 2.44. The van der Waals surface area contributed by atoms with Crippen LogP contribution in [0.1, 0.15) is 365 Å². The molecular formula is C86H150N10O19P2. The summed E-state index contributed by atoms with van der Waals surface area (Å²) in [5.41, 5.74) is 13.6. The fraction of sp³-hybridized carbons (Fsp3) is 0.779. The van der Waals surface area contributed by atoms with Crippen LogP contribution >= 0.6 is 15.6 Å². The predicted molar refractivity (Wildman–Crippen MR) is 458 cm³/mol. The Morgan fingerprint density at radius 3 is 1.19 bits per heavy atom. The Labute approximate surface area is 699 Å². The van der Waals surface area contributed by atoms with Gasteiger partial charge in [0.05, 0.1) is 44.9 Å². The van der Waals surface area contributed by atoms with Crippen molar-refractivity contribution in [1.82, 2.24) is 35.9 Å². The zero-order valence-corrected chi connectivity index (χ0v) is 73.7. The number of rotatable bonds is 77. The number of amides is 3. The van der Waals surface area contributed by atoms with Crippen molar-refractivity contribution >= 4 is 85.9 Å². The molecule has 2 heterocycles. The van der Waals surface area contributed by atoms with E-state index in [-0.39, 0.29) is 80.1 Å². The maximum atomic E-state index is 14.0. The van der Waals surface area contributed by atoms with E-state index in [1.165, 1.54) is 172 Å². The monoisotopic (exact) mass is 1690 g/mol. The summed E-state index contributed by atoms with van der Waals surface area (Å²) in [6.45, 7) is 5.09. The topological polar surface area (TPSA) is 411 Å². The first-order valence-electron chi connectivity index (χ1n) is 44.7. The molecule has 4 unspecified atom stereocenters. The number of aromatic nitrogens is 4. The molecule has 3 rings (SSSR count). The first kappa shape index (κ1) is 105. The molecule has 1 aromatic carbocycles. The van der Waals surface area contributed by atoms with Crippen molar-refractivity contribution in [2.75, 3.05) is 76.1 Å². The number of nitrogens with zero attached hydrogens (tertiary/aromatic N) is 5. The number of anilines is 3. The minimum Gasteiger partial charge on any atom is -0.462 e. The van der Waals surface area contributed by atoms with Crippen molar-refractivity contribution in [3.63, 3.8) is 0 Å². The molecule has 0 radical (unpaired) electrons. The van der Waals surface area contributed by atoms with Gasteiger partial charge in [-0.2, -0.15) is 9.97 Å². The molecular weight excluding hydrogens is 1540 g/mol. The standard InChI is InChI=1S/C86H150N10O19P2/c1-6-10-14-18-22-26-30-34-38-42-46-50-77(98)108-66-73(114-79(100)52-48-44-40-36-32-28-24-20-16-12-8-3)68-112-116(104,105)110-62-60-89-76(97)59-58-75(93-84(102)70-54-56-72(57-55-70)96(5)65-71-64-91-83-81(92-71)82(87)94-86(88)95-83)85(103)90-61-63-111-117(106,107)113-69-74(115-80(101)53-49-45-41-37-33-29-25-21-17-13-9-4)67-109-78(99)51-47-43-39-35-31-27-23-19-15-11-7-2/h54-57,64,73-75H,6-53,58-63,65-69H2,1-5H3,(H,89,97)(H,90,103)(H,93,102)(H,104,105)(H,106,107)(H4,87,88,91,94,95)/t73?,74?,75-/m0/s1. The molecule has 0 fully saturated rings. The summed E-state index contributed by atoms with van der Waals surface area (Å²) >= 11 is 0. The molecule has 0 aliphatic carbocycles. The zero-order valence-electron chi connectivity index (χ0n) is 72.0. The number of benzene rings is 1. The molecule has 3 aromatic rings. The number of carbonyl (C=O) groups excluding carboxylic acids is 7. The molecule has 0 saturated heterocycles. The summed E-state index contributed by atoms with van der Waals surface area (Å²) in [6.07, 6.45) is 47.3. The number of ether oxygens (including phenoxy) is 4. The second-order valence-electron chi connectivity index (χ2n) is 31.0. The number of unbranched alkanes of at least 4 members (excludes halogenated alkanes) is 40. The molecule has 0 bridgehead atoms. The number of nitrogens with two attached hydrogens (primary N) is 2. The number of phosphoric ester groups is 2. The molecule has 5 atom stereocenters. The van der Waals surface area contributed by atoms with Crippen molar-refractivity contribution in [3.8, 4) is 0 Å². The van der Waals surface area contributed by atoms with Crippen molar-refractivity contribution in [1.29, 1.82) is 0 Å². The summed E-state index contributed by atoms with van der Waals surface area (Å²) in [7, 11) is -8.00. The van der Waals surface area contributed by atoms with Gasteiger partial charge in [-0.15, -0.1) is 0 Å². The van der Waals surface area contributed by atoms with Crippen LogP contribution in [0.25, 0.3) is 11.2 Å². The highest BCUT2D eigenvalue weighted by atomic mass is 31.2. The Kier molecular flexibility index (Phi) is 60.2. The van der Waals surface area contributed by atoms with Crippen LogP contribution in [-0.4, -0.2) is 149 Å². The Bertz CT molecular complexity index is 3270. The smallest absolute Gasteiger partial charge is 0.462 e. The van der Waals surface area contributed by atoms with Gasteiger partial charge >= 0.3 is 39.5 Å². The highest BCUT2D eigenvalue weighted by molar-refractivity contribution is 7.47. The molecule has 0 spiro atoms. The van der Waals surface area contributed by atoms with E-state index >= 15 is 0 Å². The van der Waals surface area contributed by atoms with E-state index in [0.29, 0.717) is 37.1 Å². The highest BCUT2D eigenvalue weighted by Gasteiger charge is 2.30. The van der Waals surface area contributed by atoms with Gasteiger partial charge < -0.3 is 61.1 Å². The maximum Gasteiger partial charge on any atom is 0.472 e. The SMILES string of the molecule is CCCCCCCCCCCCCC(=O)OCC(COP(=O)(O)OCCNC(=O)CC[C@H](NC(=O)c1ccc(N(C)Cc2cnc3nc(N)nc(N)c3n2)cc1)C(=O)NCCOP(=O)(O)OCC(COC(=O)CCCCCCCCCCCCC)OC(=O)CCCCCCCCCCCCC)OC(=O)CCCCCCCCCCCCC. The minimum atomic E-state index is -4.92. The van der Waals surface area contributed by atoms with Crippen LogP contribution in [0.15, 0.2) is 30.5 Å². The van der Waals surface area contributed by atoms with Crippen LogP contribution in [0.5, 0.6) is 0 Å². The number of carbonyl (C=O) groups is 7. The largest absolute Gasteiger partial charge is 0.472 e. The number of nitrogen functional groups attached to an aromatic ring is 2. The normalized spacial score (nSPS) is 13.3. The third kappa shape index (κ3) is 55.2. The Morgan fingerprint density at radius 2 is 0.803 bits per heavy atom. The molecule has 3 amide bonds. The van der Waals surface area contributed by atoms with Crippen molar-refractivity contribution in [2.24, 2.45) is 0 Å². The Balaban J connectivity index is 1.65. The summed E-state index contributed by atoms with van der Waals surface area (Å²) in [6, 6.07) is 4.99. The Hall–Kier alpha value is -6.45. The summed E-state index contributed by atoms with van der Waals surface area (Å²) < 4.78 is 69.8. The van der Waals surface area contributed by atoms with E-state index < -0.39 is 122 Å². The van der Waals surface area contributed by atoms with E-state index in [2.05, 4.69) is 63.6 Å². The summed E-state index contributed by atoms with van der Waals surface area (Å²) in [5.74, 6) is -4.29. The number of fused-ring (bicyclic) bond motifs is 1. The van der Waals surface area contributed by atoms with Gasteiger partial charge in [0, 0.05) is 63.5 Å². The summed E-state index contributed by atoms with van der Waals surface area (Å²) in [4.78, 5) is 134. The van der Waals surface area contributed by atoms with Crippen LogP contribution in [0.2, 0.25) is 0 Å². The second-order valence-corrected chi connectivity index (χ2v) is 33.9. The molecule has 2 aromatic heterocycles. The molecule has 117 heavy (non-hydrogen) atoms. The number of phosphoric acid groups is 2. The molecule has 9 N–H and O–H groups in total. The fourth-order valence-electron chi connectivity index (χ4n) is 13.3. The lowest BCUT2D eigenvalue weighted by Gasteiger charge is -2.21. The molecule has 668 valence electrons. The fourth-order valence-corrected chi connectivity index (χ4v) is 14.8. The van der Waals surface area contributed by atoms with Crippen molar-refractivity contribution in [3.05, 3.63) is 41.7 Å². The van der Waals surface area contributed by atoms with Gasteiger partial charge in [0.1, 0.15) is 19.3 Å². The lowest BCUT2D eigenvalue weighted by molar-refractivity contribution is -0.161. The number of hydrogen-bond donors (Lipinski definition) is 7. The average molecular weight is 1690 g/mol. The van der Waals surface area contributed by atoms with E-state index in [0.717, 1.165) is 103 Å². The van der Waals surface area contributed by atoms with Crippen LogP contribution in [0.3, 0.4) is 0 Å². The molecule has 0 saturated carbocycles. The lowest BCUT2D eigenvalue weighted by atomic mass is 10.1. The van der Waals surface area contributed by atoms with Gasteiger partial charge in [0.25, 0.3) is 5.91 Å². The summed E-state index contributed by atoms with van der Waals surface area (Å²) in [5, 5.41) is 7.79. The van der Waals surface area contributed by atoms with Gasteiger partial charge in [-0.3, -0.25) is 51.7 Å². The number of hydrogen-bond acceptors (Lipinski definition) is 24. The van der Waals surface area contributed by atoms with E-state index in [9.17, 15) is 52.5 Å². The lowest BCUT2D eigenvalue weighted by Crippen LogP contribution is -2.48. The average Bonchev–Trinajstić information content (AvgIpc) is 0.808. The second kappa shape index (κ2) is 67.2.